The SMILES string of the molecule is COc1cc(OC)cc([C@](C#N)(CCCN(C)CCc2ccc(OC)c(OC)c2)C(C)C)c1. The Labute approximate surface area is 199 Å². The fourth-order valence-electron chi connectivity index (χ4n) is 4.18. The summed E-state index contributed by atoms with van der Waals surface area (Å²) in [6.07, 6.45) is 2.59. The van der Waals surface area contributed by atoms with Crippen molar-refractivity contribution in [3.8, 4) is 29.1 Å². The minimum absolute atomic E-state index is 0.149. The van der Waals surface area contributed by atoms with Crippen LogP contribution in [0.3, 0.4) is 0 Å². The Balaban J connectivity index is 2.04. The van der Waals surface area contributed by atoms with E-state index < -0.39 is 5.41 Å². The van der Waals surface area contributed by atoms with Crippen LogP contribution >= 0.6 is 0 Å². The van der Waals surface area contributed by atoms with E-state index in [1.54, 1.807) is 28.4 Å². The number of benzene rings is 2. The Hall–Kier alpha value is -2.91. The largest absolute Gasteiger partial charge is 0.497 e. The summed E-state index contributed by atoms with van der Waals surface area (Å²) in [4.78, 5) is 2.31. The van der Waals surface area contributed by atoms with Crippen molar-refractivity contribution in [1.82, 2.24) is 4.90 Å². The molecular formula is C27H38N2O4. The molecule has 0 aliphatic heterocycles. The van der Waals surface area contributed by atoms with E-state index in [0.29, 0.717) is 11.5 Å². The molecule has 33 heavy (non-hydrogen) atoms. The zero-order valence-electron chi connectivity index (χ0n) is 21.1. The lowest BCUT2D eigenvalue weighted by atomic mass is 9.69. The second kappa shape index (κ2) is 12.4. The molecule has 1 atom stereocenters. The van der Waals surface area contributed by atoms with Crippen molar-refractivity contribution in [2.75, 3.05) is 48.6 Å². The van der Waals surface area contributed by atoms with Crippen molar-refractivity contribution in [1.29, 1.82) is 5.26 Å². The third kappa shape index (κ3) is 6.55. The van der Waals surface area contributed by atoms with Crippen LogP contribution in [0.5, 0.6) is 23.0 Å². The van der Waals surface area contributed by atoms with E-state index in [1.165, 1.54) is 5.56 Å². The van der Waals surface area contributed by atoms with Gasteiger partial charge in [-0.05, 0) is 74.2 Å². The van der Waals surface area contributed by atoms with Gasteiger partial charge in [0.05, 0.1) is 39.9 Å². The second-order valence-corrected chi connectivity index (χ2v) is 8.69. The summed E-state index contributed by atoms with van der Waals surface area (Å²) in [5.74, 6) is 3.05. The number of rotatable bonds is 13. The minimum atomic E-state index is -0.605. The van der Waals surface area contributed by atoms with E-state index in [1.807, 2.05) is 30.3 Å². The van der Waals surface area contributed by atoms with Gasteiger partial charge in [-0.2, -0.15) is 5.26 Å². The molecule has 0 aromatic heterocycles. The molecule has 0 saturated carbocycles. The van der Waals surface area contributed by atoms with E-state index in [4.69, 9.17) is 18.9 Å². The van der Waals surface area contributed by atoms with Crippen molar-refractivity contribution in [2.45, 2.75) is 38.5 Å². The van der Waals surface area contributed by atoms with E-state index >= 15 is 0 Å². The topological polar surface area (TPSA) is 64.0 Å². The Kier molecular flexibility index (Phi) is 9.87. The lowest BCUT2D eigenvalue weighted by molar-refractivity contribution is 0.292. The number of hydrogen-bond acceptors (Lipinski definition) is 6. The van der Waals surface area contributed by atoms with E-state index in [2.05, 4.69) is 37.9 Å². The van der Waals surface area contributed by atoms with Gasteiger partial charge < -0.3 is 23.8 Å². The highest BCUT2D eigenvalue weighted by Crippen LogP contribution is 2.40. The van der Waals surface area contributed by atoms with Crippen LogP contribution in [-0.4, -0.2) is 53.5 Å². The van der Waals surface area contributed by atoms with Crippen molar-refractivity contribution in [3.05, 3.63) is 47.5 Å². The van der Waals surface area contributed by atoms with Gasteiger partial charge in [-0.15, -0.1) is 0 Å². The Bertz CT molecular complexity index is 916. The first-order chi connectivity index (χ1) is 15.8. The Morgan fingerprint density at radius 2 is 1.52 bits per heavy atom. The second-order valence-electron chi connectivity index (χ2n) is 8.69. The van der Waals surface area contributed by atoms with E-state index in [9.17, 15) is 5.26 Å². The molecule has 0 heterocycles. The summed E-state index contributed by atoms with van der Waals surface area (Å²) < 4.78 is 21.6. The molecule has 6 heteroatoms. The average Bonchev–Trinajstić information content (AvgIpc) is 2.84. The fourth-order valence-corrected chi connectivity index (χ4v) is 4.18. The Morgan fingerprint density at radius 3 is 2.03 bits per heavy atom. The van der Waals surface area contributed by atoms with Crippen molar-refractivity contribution in [2.24, 2.45) is 5.92 Å². The zero-order valence-corrected chi connectivity index (χ0v) is 21.1. The molecule has 0 saturated heterocycles. The molecule has 180 valence electrons. The number of likely N-dealkylation sites (N-methyl/N-ethyl adjacent to an activating group) is 1. The van der Waals surface area contributed by atoms with Crippen LogP contribution < -0.4 is 18.9 Å². The lowest BCUT2D eigenvalue weighted by Gasteiger charge is -2.32. The van der Waals surface area contributed by atoms with Crippen LogP contribution in [0.1, 0.15) is 37.8 Å². The van der Waals surface area contributed by atoms with Gasteiger partial charge in [0.25, 0.3) is 0 Å². The molecule has 0 amide bonds. The molecule has 6 nitrogen and oxygen atoms in total. The first-order valence-corrected chi connectivity index (χ1v) is 11.4. The maximum absolute atomic E-state index is 10.3. The molecule has 0 aliphatic carbocycles. The van der Waals surface area contributed by atoms with E-state index in [0.717, 1.165) is 49.4 Å². The highest BCUT2D eigenvalue weighted by atomic mass is 16.5. The van der Waals surface area contributed by atoms with Gasteiger partial charge in [0.1, 0.15) is 11.5 Å². The summed E-state index contributed by atoms with van der Waals surface area (Å²) in [6.45, 7) is 6.04. The molecule has 0 fully saturated rings. The van der Waals surface area contributed by atoms with Crippen LogP contribution in [0.25, 0.3) is 0 Å². The first-order valence-electron chi connectivity index (χ1n) is 11.4. The first kappa shape index (κ1) is 26.3. The predicted octanol–water partition coefficient (Wildman–Crippen LogP) is 5.09. The highest BCUT2D eigenvalue weighted by molar-refractivity contribution is 5.45. The van der Waals surface area contributed by atoms with Crippen molar-refractivity contribution < 1.29 is 18.9 Å². The molecule has 0 aliphatic rings. The average molecular weight is 455 g/mol. The predicted molar refractivity (Wildman–Crippen MR) is 132 cm³/mol. The van der Waals surface area contributed by atoms with Crippen molar-refractivity contribution in [3.63, 3.8) is 0 Å². The standard InChI is InChI=1S/C27H38N2O4/c1-20(2)27(19-28,22-16-23(30-4)18-24(17-22)31-5)12-8-13-29(3)14-11-21-9-10-25(32-6)26(15-21)33-7/h9-10,15-18,20H,8,11-14H2,1-7H3/t27-/m0/s1. The molecule has 0 unspecified atom stereocenters. The van der Waals surface area contributed by atoms with Crippen LogP contribution in [0.2, 0.25) is 0 Å². The zero-order chi connectivity index (χ0) is 24.4. The number of hydrogen-bond donors (Lipinski definition) is 0. The maximum Gasteiger partial charge on any atom is 0.160 e. The Morgan fingerprint density at radius 1 is 0.879 bits per heavy atom. The van der Waals surface area contributed by atoms with E-state index in [-0.39, 0.29) is 5.92 Å². The summed E-state index contributed by atoms with van der Waals surface area (Å²) in [5.41, 5.74) is 1.55. The van der Waals surface area contributed by atoms with Crippen LogP contribution in [0.15, 0.2) is 36.4 Å². The maximum atomic E-state index is 10.3. The smallest absolute Gasteiger partial charge is 0.160 e. The van der Waals surface area contributed by atoms with Gasteiger partial charge in [0.2, 0.25) is 0 Å². The minimum Gasteiger partial charge on any atom is -0.497 e. The van der Waals surface area contributed by atoms with Gasteiger partial charge in [-0.25, -0.2) is 0 Å². The molecule has 2 aromatic carbocycles. The fraction of sp³-hybridized carbons (Fsp3) is 0.519. The highest BCUT2D eigenvalue weighted by Gasteiger charge is 2.36. The lowest BCUT2D eigenvalue weighted by Crippen LogP contribution is -2.32. The summed E-state index contributed by atoms with van der Waals surface area (Å²) in [7, 11) is 8.69. The number of nitrogens with zero attached hydrogens (tertiary/aromatic N) is 2. The molecule has 0 bridgehead atoms. The number of ether oxygens (including phenoxy) is 4. The number of nitriles is 1. The molecule has 0 N–H and O–H groups in total. The van der Waals surface area contributed by atoms with Crippen LogP contribution in [-0.2, 0) is 11.8 Å². The van der Waals surface area contributed by atoms with Gasteiger partial charge in [-0.1, -0.05) is 19.9 Å². The molecular weight excluding hydrogens is 416 g/mol. The summed E-state index contributed by atoms with van der Waals surface area (Å²) in [5, 5.41) is 10.3. The quantitative estimate of drug-likeness (QED) is 0.420. The van der Waals surface area contributed by atoms with Crippen LogP contribution in [0.4, 0.5) is 0 Å². The van der Waals surface area contributed by atoms with Crippen molar-refractivity contribution >= 4 is 0 Å². The van der Waals surface area contributed by atoms with Gasteiger partial charge in [-0.3, -0.25) is 0 Å². The number of methoxy groups -OCH3 is 4. The van der Waals surface area contributed by atoms with Crippen LogP contribution in [0, 0.1) is 17.2 Å². The summed E-state index contributed by atoms with van der Waals surface area (Å²) >= 11 is 0. The molecule has 0 radical (unpaired) electrons. The molecule has 2 aromatic rings. The molecule has 0 spiro atoms. The normalized spacial score (nSPS) is 12.8. The third-order valence-corrected chi connectivity index (χ3v) is 6.39. The monoisotopic (exact) mass is 454 g/mol. The van der Waals surface area contributed by atoms with Gasteiger partial charge >= 0.3 is 0 Å². The van der Waals surface area contributed by atoms with Gasteiger partial charge in [0, 0.05) is 12.6 Å². The summed E-state index contributed by atoms with van der Waals surface area (Å²) in [6, 6.07) is 14.5. The van der Waals surface area contributed by atoms with Gasteiger partial charge in [0.15, 0.2) is 11.5 Å². The molecule has 2 rings (SSSR count). The third-order valence-electron chi connectivity index (χ3n) is 6.39.